The van der Waals surface area contributed by atoms with Gasteiger partial charge in [-0.3, -0.25) is 9.78 Å². The molecule has 0 radical (unpaired) electrons. The van der Waals surface area contributed by atoms with E-state index < -0.39 is 30.5 Å². The lowest BCUT2D eigenvalue weighted by molar-refractivity contribution is -0.144. The lowest BCUT2D eigenvalue weighted by Crippen LogP contribution is -2.54. The van der Waals surface area contributed by atoms with Gasteiger partial charge in [0.2, 0.25) is 0 Å². The van der Waals surface area contributed by atoms with Crippen molar-refractivity contribution in [1.29, 1.82) is 0 Å². The summed E-state index contributed by atoms with van der Waals surface area (Å²) >= 11 is 0. The number of hydrogen-bond donors (Lipinski definition) is 5. The number of nitrogens with zero attached hydrogens (tertiary/aromatic N) is 2. The second-order valence-corrected chi connectivity index (χ2v) is 6.07. The summed E-state index contributed by atoms with van der Waals surface area (Å²) in [5.74, 6) is -2.65. The highest BCUT2D eigenvalue weighted by molar-refractivity contribution is 6.40. The van der Waals surface area contributed by atoms with Crippen LogP contribution in [-0.4, -0.2) is 62.9 Å². The van der Waals surface area contributed by atoms with E-state index in [4.69, 9.17) is 20.9 Å². The van der Waals surface area contributed by atoms with Crippen molar-refractivity contribution < 1.29 is 29.9 Å². The van der Waals surface area contributed by atoms with Crippen LogP contribution in [0.4, 0.5) is 5.69 Å². The first kappa shape index (κ1) is 18.2. The van der Waals surface area contributed by atoms with Crippen LogP contribution in [0.5, 0.6) is 0 Å². The Kier molecular flexibility index (Phi) is 5.42. The third kappa shape index (κ3) is 3.83. The third-order valence-electron chi connectivity index (χ3n) is 4.37. The minimum atomic E-state index is -1.49. The number of aliphatic carboxylic acids is 1. The van der Waals surface area contributed by atoms with Gasteiger partial charge in [0.1, 0.15) is 5.54 Å². The van der Waals surface area contributed by atoms with Gasteiger partial charge in [0.15, 0.2) is 0 Å². The minimum Gasteiger partial charge on any atom is -0.480 e. The molecule has 0 aromatic carbocycles. The van der Waals surface area contributed by atoms with Crippen molar-refractivity contribution in [1.82, 2.24) is 4.98 Å². The normalized spacial score (nSPS) is 23.3. The van der Waals surface area contributed by atoms with Gasteiger partial charge in [0.05, 0.1) is 17.4 Å². The molecule has 1 fully saturated rings. The number of carbonyl (C=O) groups is 2. The van der Waals surface area contributed by atoms with Crippen molar-refractivity contribution in [2.45, 2.75) is 24.7 Å². The van der Waals surface area contributed by atoms with Crippen LogP contribution in [0.15, 0.2) is 18.5 Å². The van der Waals surface area contributed by atoms with Gasteiger partial charge in [-0.2, -0.15) is 0 Å². The largest absolute Gasteiger partial charge is 0.480 e. The third-order valence-corrected chi connectivity index (χ3v) is 4.37. The maximum Gasteiger partial charge on any atom is 0.451 e. The van der Waals surface area contributed by atoms with E-state index in [0.717, 1.165) is 0 Å². The Labute approximate surface area is 138 Å². The maximum atomic E-state index is 11.6. The zero-order valence-corrected chi connectivity index (χ0v) is 13.0. The number of carboxylic acids is 2. The fourth-order valence-electron chi connectivity index (χ4n) is 2.99. The lowest BCUT2D eigenvalue weighted by Gasteiger charge is -2.25. The van der Waals surface area contributed by atoms with Gasteiger partial charge < -0.3 is 30.9 Å². The van der Waals surface area contributed by atoms with E-state index in [2.05, 4.69) is 4.98 Å². The number of hydrogen-bond acceptors (Lipinski definition) is 7. The number of aromatic nitrogens is 1. The quantitative estimate of drug-likeness (QED) is 0.404. The van der Waals surface area contributed by atoms with Crippen molar-refractivity contribution in [2.75, 3.05) is 18.0 Å². The summed E-state index contributed by atoms with van der Waals surface area (Å²) in [6, 6.07) is 1.43. The van der Waals surface area contributed by atoms with E-state index in [1.54, 1.807) is 4.90 Å². The number of rotatable bonds is 7. The minimum absolute atomic E-state index is 0.0114. The number of nitrogens with two attached hydrogens (primary N) is 1. The molecule has 0 amide bonds. The van der Waals surface area contributed by atoms with Gasteiger partial charge in [-0.15, -0.1) is 0 Å². The monoisotopic (exact) mass is 337 g/mol. The summed E-state index contributed by atoms with van der Waals surface area (Å²) < 4.78 is 0. The van der Waals surface area contributed by atoms with E-state index in [0.29, 0.717) is 25.1 Å². The van der Waals surface area contributed by atoms with Crippen LogP contribution in [-0.2, 0) is 4.79 Å². The summed E-state index contributed by atoms with van der Waals surface area (Å²) in [7, 11) is -1.43. The van der Waals surface area contributed by atoms with E-state index in [-0.39, 0.29) is 18.4 Å². The first-order valence-corrected chi connectivity index (χ1v) is 7.55. The molecule has 0 aliphatic carbocycles. The van der Waals surface area contributed by atoms with Gasteiger partial charge >= 0.3 is 19.1 Å². The van der Waals surface area contributed by atoms with Crippen LogP contribution in [0, 0.1) is 5.92 Å². The highest BCUT2D eigenvalue weighted by Crippen LogP contribution is 2.33. The number of aromatic carboxylic acids is 1. The molecular formula is C14H20BN3O6. The van der Waals surface area contributed by atoms with Crippen molar-refractivity contribution in [2.24, 2.45) is 11.7 Å². The summed E-state index contributed by atoms with van der Waals surface area (Å²) in [5.41, 5.74) is 5.11. The molecule has 1 aliphatic heterocycles. The molecule has 130 valence electrons. The highest BCUT2D eigenvalue weighted by atomic mass is 16.4. The Morgan fingerprint density at radius 1 is 1.38 bits per heavy atom. The molecule has 0 bridgehead atoms. The topological polar surface area (TPSA) is 157 Å². The van der Waals surface area contributed by atoms with Crippen molar-refractivity contribution in [3.05, 3.63) is 24.0 Å². The molecule has 2 rings (SSSR count). The maximum absolute atomic E-state index is 11.6. The Bertz CT molecular complexity index is 628. The number of carboxylic acid groups (broad SMARTS) is 2. The van der Waals surface area contributed by atoms with Gasteiger partial charge in [-0.1, -0.05) is 6.42 Å². The Morgan fingerprint density at radius 3 is 2.67 bits per heavy atom. The van der Waals surface area contributed by atoms with Crippen molar-refractivity contribution in [3.63, 3.8) is 0 Å². The van der Waals surface area contributed by atoms with Crippen LogP contribution in [0.3, 0.4) is 0 Å². The van der Waals surface area contributed by atoms with Crippen LogP contribution in [0.1, 0.15) is 23.2 Å². The van der Waals surface area contributed by atoms with E-state index in [9.17, 15) is 14.7 Å². The van der Waals surface area contributed by atoms with Gasteiger partial charge in [0, 0.05) is 25.2 Å². The lowest BCUT2D eigenvalue weighted by atomic mass is 9.78. The average Bonchev–Trinajstić information content (AvgIpc) is 2.86. The molecule has 0 spiro atoms. The second-order valence-electron chi connectivity index (χ2n) is 6.07. The van der Waals surface area contributed by atoms with Crippen LogP contribution >= 0.6 is 0 Å². The summed E-state index contributed by atoms with van der Waals surface area (Å²) in [6.07, 6.45) is 3.67. The molecule has 2 heterocycles. The first-order valence-electron chi connectivity index (χ1n) is 7.55. The van der Waals surface area contributed by atoms with Gasteiger partial charge in [-0.05, 0) is 18.8 Å². The molecular weight excluding hydrogens is 317 g/mol. The smallest absolute Gasteiger partial charge is 0.451 e. The van der Waals surface area contributed by atoms with Crippen LogP contribution in [0.25, 0.3) is 0 Å². The fourth-order valence-corrected chi connectivity index (χ4v) is 2.99. The molecule has 10 heteroatoms. The van der Waals surface area contributed by atoms with Crippen LogP contribution in [0.2, 0.25) is 6.32 Å². The number of pyridine rings is 1. The first-order chi connectivity index (χ1) is 11.2. The molecule has 1 aliphatic rings. The molecule has 24 heavy (non-hydrogen) atoms. The zero-order chi connectivity index (χ0) is 17.9. The van der Waals surface area contributed by atoms with Gasteiger partial charge in [0.25, 0.3) is 0 Å². The SMILES string of the molecule is NC1(C(=O)O)CN(c2cncc(C(=O)O)c2)CC1CCCB(O)O. The summed E-state index contributed by atoms with van der Waals surface area (Å²) in [5, 5.41) is 36.4. The fraction of sp³-hybridized carbons (Fsp3) is 0.500. The van der Waals surface area contributed by atoms with Crippen LogP contribution < -0.4 is 10.6 Å². The van der Waals surface area contributed by atoms with E-state index in [1.807, 2.05) is 0 Å². The Balaban J connectivity index is 2.18. The Morgan fingerprint density at radius 2 is 2.08 bits per heavy atom. The van der Waals surface area contributed by atoms with Crippen molar-refractivity contribution >= 4 is 24.7 Å². The Hall–Kier alpha value is -2.17. The molecule has 0 saturated carbocycles. The molecule has 6 N–H and O–H groups in total. The van der Waals surface area contributed by atoms with Crippen molar-refractivity contribution in [3.8, 4) is 0 Å². The predicted octanol–water partition coefficient (Wildman–Crippen LogP) is -0.749. The predicted molar refractivity (Wildman–Crippen MR) is 85.7 cm³/mol. The average molecular weight is 337 g/mol. The zero-order valence-electron chi connectivity index (χ0n) is 13.0. The highest BCUT2D eigenvalue weighted by Gasteiger charge is 2.49. The molecule has 2 atom stereocenters. The molecule has 2 unspecified atom stereocenters. The molecule has 1 aromatic heterocycles. The summed E-state index contributed by atoms with van der Waals surface area (Å²) in [6.45, 7) is 0.356. The number of anilines is 1. The van der Waals surface area contributed by atoms with E-state index in [1.165, 1.54) is 18.5 Å². The standard InChI is InChI=1S/C14H20BN3O6/c16-14(13(21)22)8-18(7-10(14)2-1-3-15(23)24)11-4-9(12(19)20)5-17-6-11/h4-6,10,23-24H,1-3,7-8,16H2,(H,19,20)(H,21,22). The van der Waals surface area contributed by atoms with E-state index >= 15 is 0 Å². The molecule has 9 nitrogen and oxygen atoms in total. The molecule has 1 saturated heterocycles. The second kappa shape index (κ2) is 7.16. The molecule has 1 aromatic rings. The van der Waals surface area contributed by atoms with Gasteiger partial charge in [-0.25, -0.2) is 4.79 Å². The summed E-state index contributed by atoms with van der Waals surface area (Å²) in [4.78, 5) is 28.2.